The SMILES string of the molecule is [CH2]=[Ti+2]([C]1=C(c2ccco2)C=C(C)C1C)[C]1=C(c2ccco2)C=C(C)C1C.[Cl-].[Cl-]. The van der Waals surface area contributed by atoms with Crippen LogP contribution in [0.2, 0.25) is 0 Å². The number of furan rings is 2. The maximum absolute atomic E-state index is 5.75. The molecule has 0 fully saturated rings. The van der Waals surface area contributed by atoms with E-state index in [9.17, 15) is 0 Å². The van der Waals surface area contributed by atoms with Crippen LogP contribution in [0.1, 0.15) is 39.2 Å². The molecular weight excluding hydrogens is 427 g/mol. The monoisotopic (exact) mass is 450 g/mol. The molecule has 2 atom stereocenters. The predicted octanol–water partition coefficient (Wildman–Crippen LogP) is 0.245. The van der Waals surface area contributed by atoms with E-state index in [4.69, 9.17) is 13.7 Å². The molecule has 0 radical (unpaired) electrons. The van der Waals surface area contributed by atoms with Crippen LogP contribution in [-0.2, 0) is 17.4 Å². The van der Waals surface area contributed by atoms with E-state index < -0.39 is 17.4 Å². The minimum atomic E-state index is -1.96. The van der Waals surface area contributed by atoms with E-state index in [0.717, 1.165) is 11.5 Å². The Hall–Kier alpha value is -1.32. The zero-order valence-corrected chi connectivity index (χ0v) is 19.6. The van der Waals surface area contributed by atoms with Crippen LogP contribution in [0.25, 0.3) is 11.1 Å². The number of hydrogen-bond acceptors (Lipinski definition) is 2. The molecule has 0 aliphatic heterocycles. The van der Waals surface area contributed by atoms with Gasteiger partial charge in [-0.2, -0.15) is 0 Å². The number of hydrogen-bond donors (Lipinski definition) is 0. The fraction of sp³-hybridized carbons (Fsp3) is 0.261. The third kappa shape index (κ3) is 3.76. The fourth-order valence-electron chi connectivity index (χ4n) is 4.05. The van der Waals surface area contributed by atoms with E-state index in [-0.39, 0.29) is 24.8 Å². The van der Waals surface area contributed by atoms with Crippen LogP contribution in [0.5, 0.6) is 0 Å². The summed E-state index contributed by atoms with van der Waals surface area (Å²) in [5, 5.41) is 0. The van der Waals surface area contributed by atoms with Gasteiger partial charge in [0.05, 0.1) is 0 Å². The standard InChI is InChI=1S/2C11H11O.CH2.2ClH.Ti/c2*1-8-6-10(7-9(8)2)11-4-3-5-12-11;;;;/h2*3-6,9H,1-2H3;1H2;2*1H;/q;;;;;+2/p-2. The van der Waals surface area contributed by atoms with Gasteiger partial charge in [0.15, 0.2) is 0 Å². The number of halogens is 2. The van der Waals surface area contributed by atoms with Crippen molar-refractivity contribution in [3.63, 3.8) is 0 Å². The van der Waals surface area contributed by atoms with E-state index in [1.807, 2.05) is 12.1 Å². The molecule has 0 saturated carbocycles. The Labute approximate surface area is 185 Å². The van der Waals surface area contributed by atoms with Gasteiger partial charge in [-0.3, -0.25) is 0 Å². The Morgan fingerprint density at radius 1 is 0.786 bits per heavy atom. The van der Waals surface area contributed by atoms with Crippen LogP contribution >= 0.6 is 0 Å². The first-order valence-electron chi connectivity index (χ1n) is 9.11. The maximum Gasteiger partial charge on any atom is -1.00 e. The van der Waals surface area contributed by atoms with Crippen molar-refractivity contribution in [2.45, 2.75) is 27.7 Å². The molecule has 4 rings (SSSR count). The fourth-order valence-corrected chi connectivity index (χ4v) is 8.47. The molecule has 2 heterocycles. The summed E-state index contributed by atoms with van der Waals surface area (Å²) in [5.74, 6) is 2.79. The third-order valence-corrected chi connectivity index (χ3v) is 10.0. The van der Waals surface area contributed by atoms with Gasteiger partial charge in [0.1, 0.15) is 0 Å². The summed E-state index contributed by atoms with van der Waals surface area (Å²) in [4.78, 5) is 4.79. The number of rotatable bonds is 4. The van der Waals surface area contributed by atoms with Crippen LogP contribution < -0.4 is 24.8 Å². The molecule has 0 spiro atoms. The van der Waals surface area contributed by atoms with Crippen molar-refractivity contribution in [3.8, 4) is 0 Å². The van der Waals surface area contributed by atoms with Crippen LogP contribution in [0.4, 0.5) is 0 Å². The summed E-state index contributed by atoms with van der Waals surface area (Å²) < 4.78 is 14.5. The summed E-state index contributed by atoms with van der Waals surface area (Å²) in [7, 11) is 0. The summed E-state index contributed by atoms with van der Waals surface area (Å²) >= 11 is -1.96. The second kappa shape index (κ2) is 9.01. The number of allylic oxidation sites excluding steroid dienone is 8. The minimum Gasteiger partial charge on any atom is -1.00 e. The molecule has 0 saturated heterocycles. The van der Waals surface area contributed by atoms with Gasteiger partial charge in [-0.1, -0.05) is 0 Å². The van der Waals surface area contributed by atoms with Crippen molar-refractivity contribution in [1.29, 1.82) is 0 Å². The first kappa shape index (κ1) is 23.0. The van der Waals surface area contributed by atoms with Gasteiger partial charge in [-0.05, 0) is 0 Å². The van der Waals surface area contributed by atoms with Gasteiger partial charge in [0.25, 0.3) is 0 Å². The molecule has 5 heteroatoms. The van der Waals surface area contributed by atoms with Crippen molar-refractivity contribution in [3.05, 3.63) is 79.4 Å². The van der Waals surface area contributed by atoms with Gasteiger partial charge in [0.2, 0.25) is 0 Å². The Bertz CT molecular complexity index is 909. The zero-order valence-electron chi connectivity index (χ0n) is 16.6. The van der Waals surface area contributed by atoms with Crippen molar-refractivity contribution in [2.24, 2.45) is 11.8 Å². The molecule has 28 heavy (non-hydrogen) atoms. The molecule has 2 aliphatic carbocycles. The van der Waals surface area contributed by atoms with Crippen LogP contribution in [0.15, 0.2) is 76.7 Å². The van der Waals surface area contributed by atoms with Crippen molar-refractivity contribution in [1.82, 2.24) is 0 Å². The molecular formula is C23H24Cl2O2Ti. The molecule has 2 aromatic rings. The van der Waals surface area contributed by atoms with Crippen molar-refractivity contribution < 1.29 is 51.1 Å². The molecule has 2 aliphatic rings. The van der Waals surface area contributed by atoms with Crippen LogP contribution in [-0.4, -0.2) is 4.82 Å². The maximum atomic E-state index is 5.75. The summed E-state index contributed by atoms with van der Waals surface area (Å²) in [6, 6.07) is 8.05. The largest absolute Gasteiger partial charge is 1.00 e. The van der Waals surface area contributed by atoms with Crippen molar-refractivity contribution >= 4 is 16.0 Å². The topological polar surface area (TPSA) is 26.3 Å². The third-order valence-electron chi connectivity index (χ3n) is 5.78. The van der Waals surface area contributed by atoms with Gasteiger partial charge in [-0.25, -0.2) is 0 Å². The second-order valence-corrected chi connectivity index (χ2v) is 10.5. The Kier molecular flexibility index (Phi) is 7.39. The molecule has 2 aromatic heterocycles. The first-order chi connectivity index (χ1) is 12.5. The minimum absolute atomic E-state index is 0. The molecule has 2 unspecified atom stereocenters. The van der Waals surface area contributed by atoms with Gasteiger partial charge in [-0.15, -0.1) is 0 Å². The molecule has 0 aromatic carbocycles. The Balaban J connectivity index is 0.00000140. The molecule has 0 amide bonds. The van der Waals surface area contributed by atoms with E-state index in [1.165, 1.54) is 30.0 Å². The molecule has 2 nitrogen and oxygen atoms in total. The summed E-state index contributed by atoms with van der Waals surface area (Å²) in [6.45, 7) is 9.05. The summed E-state index contributed by atoms with van der Waals surface area (Å²) in [6.07, 6.45) is 8.10. The molecule has 0 bridgehead atoms. The van der Waals surface area contributed by atoms with E-state index in [1.54, 1.807) is 12.5 Å². The second-order valence-electron chi connectivity index (χ2n) is 7.31. The van der Waals surface area contributed by atoms with Crippen LogP contribution in [0.3, 0.4) is 0 Å². The first-order valence-corrected chi connectivity index (χ1v) is 11.8. The zero-order chi connectivity index (χ0) is 18.4. The average molecular weight is 451 g/mol. The van der Waals surface area contributed by atoms with Crippen molar-refractivity contribution in [2.75, 3.05) is 0 Å². The van der Waals surface area contributed by atoms with Gasteiger partial charge >= 0.3 is 161 Å². The van der Waals surface area contributed by atoms with Crippen LogP contribution in [0, 0.1) is 11.8 Å². The predicted molar refractivity (Wildman–Crippen MR) is 104 cm³/mol. The molecule has 0 N–H and O–H groups in total. The van der Waals surface area contributed by atoms with E-state index >= 15 is 0 Å². The summed E-state index contributed by atoms with van der Waals surface area (Å²) in [5.41, 5.74) is 5.31. The van der Waals surface area contributed by atoms with Gasteiger partial charge in [0, 0.05) is 0 Å². The van der Waals surface area contributed by atoms with Gasteiger partial charge < -0.3 is 24.8 Å². The Morgan fingerprint density at radius 3 is 1.50 bits per heavy atom. The normalized spacial score (nSPS) is 21.0. The average Bonchev–Trinajstić information content (AvgIpc) is 3.38. The molecule has 146 valence electrons. The quantitative estimate of drug-likeness (QED) is 0.624. The Morgan fingerprint density at radius 2 is 1.18 bits per heavy atom. The van der Waals surface area contributed by atoms with E-state index in [2.05, 4.69) is 52.0 Å². The smallest absolute Gasteiger partial charge is 1.00 e. The van der Waals surface area contributed by atoms with E-state index in [0.29, 0.717) is 11.8 Å².